The first-order valence-electron chi connectivity index (χ1n) is 9.01. The molecule has 1 aliphatic rings. The van der Waals surface area contributed by atoms with E-state index in [4.69, 9.17) is 0 Å². The number of hydrogen-bond donors (Lipinski definition) is 2. The van der Waals surface area contributed by atoms with Crippen LogP contribution in [-0.4, -0.2) is 21.6 Å². The molecule has 0 aliphatic carbocycles. The average Bonchev–Trinajstić information content (AvgIpc) is 2.68. The fourth-order valence-electron chi connectivity index (χ4n) is 3.54. The van der Waals surface area contributed by atoms with Gasteiger partial charge in [-0.2, -0.15) is 0 Å². The second-order valence-corrected chi connectivity index (χ2v) is 6.97. The molecule has 2 aromatic rings. The molecule has 146 valence electrons. The lowest BCUT2D eigenvalue weighted by atomic mass is 9.81. The van der Waals surface area contributed by atoms with Gasteiger partial charge in [-0.1, -0.05) is 35.9 Å². The topological polar surface area (TPSA) is 85.1 Å². The van der Waals surface area contributed by atoms with Gasteiger partial charge in [0.15, 0.2) is 0 Å². The molecule has 0 fully saturated rings. The molecule has 0 spiro atoms. The van der Waals surface area contributed by atoms with Crippen molar-refractivity contribution in [3.05, 3.63) is 85.7 Å². The van der Waals surface area contributed by atoms with Crippen LogP contribution in [0.5, 0.6) is 0 Å². The van der Waals surface area contributed by atoms with Gasteiger partial charge in [-0.05, 0) is 19.4 Å². The molecule has 0 saturated heterocycles. The zero-order chi connectivity index (χ0) is 20.6. The van der Waals surface area contributed by atoms with Gasteiger partial charge < -0.3 is 10.6 Å². The highest BCUT2D eigenvalue weighted by Crippen LogP contribution is 2.39. The molecule has 1 unspecified atom stereocenters. The lowest BCUT2D eigenvalue weighted by Crippen LogP contribution is -2.44. The van der Waals surface area contributed by atoms with E-state index in [1.807, 2.05) is 31.2 Å². The van der Waals surface area contributed by atoms with Crippen LogP contribution in [-0.2, 0) is 18.9 Å². The fourth-order valence-corrected chi connectivity index (χ4v) is 3.54. The molecule has 3 rings (SSSR count). The highest BCUT2D eigenvalue weighted by Gasteiger charge is 2.36. The third-order valence-electron chi connectivity index (χ3n) is 5.05. The van der Waals surface area contributed by atoms with Crippen molar-refractivity contribution in [2.24, 2.45) is 14.1 Å². The van der Waals surface area contributed by atoms with Crippen LogP contribution in [0.2, 0.25) is 0 Å². The molecule has 0 radical (unpaired) electrons. The first-order chi connectivity index (χ1) is 13.3. The standard InChI is InChI=1S/C21H24N4O3/c1-6-11-22-19(26)15-13(3)23-18-17(20(27)25(5)21(28)24(18)4)16(15)14-9-7-12(2)8-10-14/h6-10,16,23H,1,11H2,2-5H3,(H,22,26). The summed E-state index contributed by atoms with van der Waals surface area (Å²) >= 11 is 0. The van der Waals surface area contributed by atoms with E-state index in [2.05, 4.69) is 17.2 Å². The highest BCUT2D eigenvalue weighted by atomic mass is 16.2. The number of carbonyl (C=O) groups excluding carboxylic acids is 1. The second kappa shape index (κ2) is 7.34. The Kier molecular flexibility index (Phi) is 5.09. The summed E-state index contributed by atoms with van der Waals surface area (Å²) in [6, 6.07) is 7.71. The minimum Gasteiger partial charge on any atom is -0.349 e. The number of hydrogen-bond acceptors (Lipinski definition) is 4. The Morgan fingerprint density at radius 3 is 2.43 bits per heavy atom. The number of nitrogens with one attached hydrogen (secondary N) is 2. The number of fused-ring (bicyclic) bond motifs is 1. The second-order valence-electron chi connectivity index (χ2n) is 6.97. The molecular weight excluding hydrogens is 356 g/mol. The molecular formula is C21H24N4O3. The summed E-state index contributed by atoms with van der Waals surface area (Å²) in [4.78, 5) is 38.4. The van der Waals surface area contributed by atoms with Gasteiger partial charge in [0.25, 0.3) is 5.56 Å². The van der Waals surface area contributed by atoms with Crippen LogP contribution in [0, 0.1) is 6.92 Å². The highest BCUT2D eigenvalue weighted by molar-refractivity contribution is 5.98. The third-order valence-corrected chi connectivity index (χ3v) is 5.05. The summed E-state index contributed by atoms with van der Waals surface area (Å²) in [6.07, 6.45) is 1.60. The van der Waals surface area contributed by atoms with Crippen LogP contribution in [0.4, 0.5) is 5.82 Å². The van der Waals surface area contributed by atoms with E-state index in [0.29, 0.717) is 29.2 Å². The van der Waals surface area contributed by atoms with E-state index >= 15 is 0 Å². The molecule has 2 N–H and O–H groups in total. The number of nitrogens with zero attached hydrogens (tertiary/aromatic N) is 2. The summed E-state index contributed by atoms with van der Waals surface area (Å²) in [5, 5.41) is 5.90. The van der Waals surface area contributed by atoms with Gasteiger partial charge in [-0.25, -0.2) is 4.79 Å². The van der Waals surface area contributed by atoms with E-state index in [0.717, 1.165) is 15.7 Å². The Balaban J connectivity index is 2.33. The van der Waals surface area contributed by atoms with Crippen molar-refractivity contribution in [2.45, 2.75) is 19.8 Å². The van der Waals surface area contributed by atoms with Crippen LogP contribution in [0.15, 0.2) is 57.8 Å². The Morgan fingerprint density at radius 1 is 1.18 bits per heavy atom. The van der Waals surface area contributed by atoms with E-state index < -0.39 is 17.2 Å². The van der Waals surface area contributed by atoms with Crippen molar-refractivity contribution in [2.75, 3.05) is 11.9 Å². The monoisotopic (exact) mass is 380 g/mol. The maximum Gasteiger partial charge on any atom is 0.332 e. The lowest BCUT2D eigenvalue weighted by Gasteiger charge is -2.31. The van der Waals surface area contributed by atoms with Crippen molar-refractivity contribution in [3.8, 4) is 0 Å². The number of aromatic nitrogens is 2. The Hall–Kier alpha value is -3.35. The molecule has 1 aromatic heterocycles. The van der Waals surface area contributed by atoms with Gasteiger partial charge in [0.05, 0.1) is 11.5 Å². The molecule has 7 nitrogen and oxygen atoms in total. The molecule has 0 bridgehead atoms. The van der Waals surface area contributed by atoms with Gasteiger partial charge in [-0.15, -0.1) is 6.58 Å². The van der Waals surface area contributed by atoms with Crippen LogP contribution >= 0.6 is 0 Å². The number of anilines is 1. The van der Waals surface area contributed by atoms with Gasteiger partial charge in [-0.3, -0.25) is 18.7 Å². The predicted molar refractivity (Wildman–Crippen MR) is 109 cm³/mol. The quantitative estimate of drug-likeness (QED) is 0.788. The Labute approximate surface area is 163 Å². The van der Waals surface area contributed by atoms with Crippen molar-refractivity contribution >= 4 is 11.7 Å². The summed E-state index contributed by atoms with van der Waals surface area (Å²) in [5.74, 6) is -0.458. The van der Waals surface area contributed by atoms with Crippen molar-refractivity contribution in [1.29, 1.82) is 0 Å². The van der Waals surface area contributed by atoms with Crippen LogP contribution in [0.25, 0.3) is 0 Å². The van der Waals surface area contributed by atoms with Crippen LogP contribution < -0.4 is 21.9 Å². The SMILES string of the molecule is C=CCNC(=O)C1=C(C)Nc2c(c(=O)n(C)c(=O)n2C)C1c1ccc(C)cc1. The third kappa shape index (κ3) is 3.09. The van der Waals surface area contributed by atoms with E-state index in [-0.39, 0.29) is 5.91 Å². The fraction of sp³-hybridized carbons (Fsp3) is 0.286. The van der Waals surface area contributed by atoms with Gasteiger partial charge >= 0.3 is 5.69 Å². The number of carbonyl (C=O) groups is 1. The van der Waals surface area contributed by atoms with Gasteiger partial charge in [0.2, 0.25) is 5.91 Å². The lowest BCUT2D eigenvalue weighted by molar-refractivity contribution is -0.117. The largest absolute Gasteiger partial charge is 0.349 e. The molecule has 1 aliphatic heterocycles. The zero-order valence-corrected chi connectivity index (χ0v) is 16.5. The van der Waals surface area contributed by atoms with Gasteiger partial charge in [0, 0.05) is 31.9 Å². The molecule has 1 amide bonds. The first kappa shape index (κ1) is 19.4. The summed E-state index contributed by atoms with van der Waals surface area (Å²) < 4.78 is 2.47. The molecule has 1 atom stereocenters. The number of benzene rings is 1. The molecule has 2 heterocycles. The summed E-state index contributed by atoms with van der Waals surface area (Å²) in [7, 11) is 3.05. The maximum atomic E-state index is 13.1. The minimum absolute atomic E-state index is 0.281. The molecule has 7 heteroatoms. The number of allylic oxidation sites excluding steroid dienone is 1. The van der Waals surface area contributed by atoms with E-state index in [1.165, 1.54) is 11.6 Å². The van der Waals surface area contributed by atoms with Crippen molar-refractivity contribution < 1.29 is 4.79 Å². The molecule has 0 saturated carbocycles. The zero-order valence-electron chi connectivity index (χ0n) is 16.5. The van der Waals surface area contributed by atoms with Crippen LogP contribution in [0.3, 0.4) is 0 Å². The van der Waals surface area contributed by atoms with Gasteiger partial charge in [0.1, 0.15) is 5.82 Å². The molecule has 1 aromatic carbocycles. The first-order valence-corrected chi connectivity index (χ1v) is 9.01. The predicted octanol–water partition coefficient (Wildman–Crippen LogP) is 1.53. The minimum atomic E-state index is -0.591. The normalized spacial score (nSPS) is 15.6. The average molecular weight is 380 g/mol. The van der Waals surface area contributed by atoms with Crippen LogP contribution in [0.1, 0.15) is 29.5 Å². The van der Waals surface area contributed by atoms with Crippen molar-refractivity contribution in [1.82, 2.24) is 14.5 Å². The summed E-state index contributed by atoms with van der Waals surface area (Å²) in [6.45, 7) is 7.69. The van der Waals surface area contributed by atoms with Crippen molar-refractivity contribution in [3.63, 3.8) is 0 Å². The number of rotatable bonds is 4. The number of amides is 1. The molecule has 28 heavy (non-hydrogen) atoms. The number of aryl methyl sites for hydroxylation is 1. The Bertz CT molecular complexity index is 1100. The summed E-state index contributed by atoms with van der Waals surface area (Å²) in [5.41, 5.74) is 2.47. The smallest absolute Gasteiger partial charge is 0.332 e. The maximum absolute atomic E-state index is 13.1. The van der Waals surface area contributed by atoms with E-state index in [9.17, 15) is 14.4 Å². The Morgan fingerprint density at radius 2 is 1.82 bits per heavy atom. The van der Waals surface area contributed by atoms with E-state index in [1.54, 1.807) is 20.0 Å².